The van der Waals surface area contributed by atoms with Crippen LogP contribution in [-0.2, 0) is 21.1 Å². The van der Waals surface area contributed by atoms with Gasteiger partial charge < -0.3 is 0 Å². The van der Waals surface area contributed by atoms with Crippen LogP contribution in [-0.4, -0.2) is 30.7 Å². The lowest BCUT2D eigenvalue weighted by atomic mass is 9.84. The van der Waals surface area contributed by atoms with Gasteiger partial charge in [0.05, 0.1) is 5.25 Å². The number of hydrogen-bond acceptors (Lipinski definition) is 4. The zero-order valence-corrected chi connectivity index (χ0v) is 12.6. The molecule has 1 aromatic rings. The van der Waals surface area contributed by atoms with Gasteiger partial charge in [0, 0.05) is 31.0 Å². The molecule has 1 saturated carbocycles. The van der Waals surface area contributed by atoms with Crippen molar-refractivity contribution in [1.29, 1.82) is 0 Å². The first kappa shape index (κ1) is 15.2. The highest BCUT2D eigenvalue weighted by atomic mass is 32.2. The molecule has 0 aromatic carbocycles. The quantitative estimate of drug-likeness (QED) is 0.835. The molecule has 5 heteroatoms. The lowest BCUT2D eigenvalue weighted by Crippen LogP contribution is -2.31. The highest BCUT2D eigenvalue weighted by Gasteiger charge is 2.31. The van der Waals surface area contributed by atoms with Gasteiger partial charge in [-0.3, -0.25) is 9.78 Å². The van der Waals surface area contributed by atoms with Gasteiger partial charge in [-0.05, 0) is 37.3 Å². The summed E-state index contributed by atoms with van der Waals surface area (Å²) in [4.78, 5) is 16.3. The minimum Gasteiger partial charge on any atom is -0.299 e. The van der Waals surface area contributed by atoms with E-state index in [2.05, 4.69) is 4.98 Å². The van der Waals surface area contributed by atoms with Crippen molar-refractivity contribution in [2.24, 2.45) is 5.92 Å². The van der Waals surface area contributed by atoms with Crippen molar-refractivity contribution in [3.05, 3.63) is 30.1 Å². The van der Waals surface area contributed by atoms with Crippen molar-refractivity contribution in [2.75, 3.05) is 6.26 Å². The van der Waals surface area contributed by atoms with Crippen molar-refractivity contribution >= 4 is 15.6 Å². The third-order valence-corrected chi connectivity index (χ3v) is 5.71. The fourth-order valence-electron chi connectivity index (χ4n) is 2.84. The van der Waals surface area contributed by atoms with Crippen LogP contribution < -0.4 is 0 Å². The monoisotopic (exact) mass is 295 g/mol. The van der Waals surface area contributed by atoms with E-state index in [4.69, 9.17) is 0 Å². The summed E-state index contributed by atoms with van der Waals surface area (Å²) >= 11 is 0. The molecule has 2 rings (SSSR count). The summed E-state index contributed by atoms with van der Waals surface area (Å²) < 4.78 is 23.2. The Morgan fingerprint density at radius 1 is 1.40 bits per heavy atom. The molecule has 1 aromatic heterocycles. The minimum atomic E-state index is -3.02. The topological polar surface area (TPSA) is 64.1 Å². The lowest BCUT2D eigenvalue weighted by Gasteiger charge is -2.27. The highest BCUT2D eigenvalue weighted by Crippen LogP contribution is 2.30. The van der Waals surface area contributed by atoms with Gasteiger partial charge in [-0.15, -0.1) is 0 Å². The number of hydrogen-bond donors (Lipinski definition) is 0. The second-order valence-corrected chi connectivity index (χ2v) is 7.97. The fraction of sp³-hybridized carbons (Fsp3) is 0.600. The zero-order valence-electron chi connectivity index (χ0n) is 11.8. The number of aromatic nitrogens is 1. The van der Waals surface area contributed by atoms with Crippen LogP contribution in [0.1, 0.15) is 37.7 Å². The van der Waals surface area contributed by atoms with E-state index < -0.39 is 9.84 Å². The maximum atomic E-state index is 12.2. The van der Waals surface area contributed by atoms with Crippen molar-refractivity contribution in [1.82, 2.24) is 4.98 Å². The van der Waals surface area contributed by atoms with Crippen LogP contribution in [0.3, 0.4) is 0 Å². The first-order valence-electron chi connectivity index (χ1n) is 7.07. The Hall–Kier alpha value is -1.23. The number of nitrogens with zero attached hydrogens (tertiary/aromatic N) is 1. The van der Waals surface area contributed by atoms with Crippen LogP contribution in [0.5, 0.6) is 0 Å². The molecule has 0 amide bonds. The predicted molar refractivity (Wildman–Crippen MR) is 78.2 cm³/mol. The first-order chi connectivity index (χ1) is 9.47. The van der Waals surface area contributed by atoms with Crippen molar-refractivity contribution < 1.29 is 13.2 Å². The minimum absolute atomic E-state index is 0.0832. The van der Waals surface area contributed by atoms with E-state index in [9.17, 15) is 13.2 Å². The van der Waals surface area contributed by atoms with E-state index in [0.29, 0.717) is 25.7 Å². The van der Waals surface area contributed by atoms with Crippen LogP contribution in [0.2, 0.25) is 0 Å². The molecular formula is C15H21NO3S. The first-order valence-corrected chi connectivity index (χ1v) is 9.03. The van der Waals surface area contributed by atoms with Crippen molar-refractivity contribution in [3.8, 4) is 0 Å². The van der Waals surface area contributed by atoms with E-state index in [1.54, 1.807) is 12.4 Å². The normalized spacial score (nSPS) is 23.4. The summed E-state index contributed by atoms with van der Waals surface area (Å²) in [7, 11) is -3.02. The smallest absolute Gasteiger partial charge is 0.150 e. The fourth-order valence-corrected chi connectivity index (χ4v) is 4.02. The molecule has 0 N–H and O–H groups in total. The number of rotatable bonds is 5. The van der Waals surface area contributed by atoms with Crippen molar-refractivity contribution in [3.63, 3.8) is 0 Å². The van der Waals surface area contributed by atoms with E-state index in [1.807, 2.05) is 12.1 Å². The second kappa shape index (κ2) is 6.48. The summed E-state index contributed by atoms with van der Waals surface area (Å²) in [5, 5.41) is -0.330. The van der Waals surface area contributed by atoms with E-state index in [0.717, 1.165) is 18.4 Å². The van der Waals surface area contributed by atoms with E-state index >= 15 is 0 Å². The lowest BCUT2D eigenvalue weighted by molar-refractivity contribution is -0.123. The van der Waals surface area contributed by atoms with Gasteiger partial charge in [-0.1, -0.05) is 12.5 Å². The van der Waals surface area contributed by atoms with Gasteiger partial charge in [0.2, 0.25) is 0 Å². The molecule has 1 aliphatic carbocycles. The van der Waals surface area contributed by atoms with Gasteiger partial charge in [-0.2, -0.15) is 0 Å². The van der Waals surface area contributed by atoms with E-state index in [1.165, 1.54) is 6.26 Å². The van der Waals surface area contributed by atoms with Crippen LogP contribution >= 0.6 is 0 Å². The zero-order chi connectivity index (χ0) is 14.6. The number of aryl methyl sites for hydroxylation is 1. The molecule has 0 bridgehead atoms. The molecule has 0 saturated heterocycles. The van der Waals surface area contributed by atoms with Crippen LogP contribution in [0.15, 0.2) is 24.5 Å². The average molecular weight is 295 g/mol. The Morgan fingerprint density at radius 3 is 2.85 bits per heavy atom. The second-order valence-electron chi connectivity index (χ2n) is 5.64. The number of sulfone groups is 1. The summed E-state index contributed by atoms with van der Waals surface area (Å²) in [6.45, 7) is 0. The Kier molecular flexibility index (Phi) is 4.91. The molecule has 110 valence electrons. The number of pyridine rings is 1. The van der Waals surface area contributed by atoms with Gasteiger partial charge >= 0.3 is 0 Å². The van der Waals surface area contributed by atoms with Crippen molar-refractivity contribution in [2.45, 2.75) is 43.8 Å². The van der Waals surface area contributed by atoms with Crippen LogP contribution in [0.25, 0.3) is 0 Å². The summed E-state index contributed by atoms with van der Waals surface area (Å²) in [6, 6.07) is 3.82. The molecule has 1 fully saturated rings. The third-order valence-electron chi connectivity index (χ3n) is 4.07. The standard InChI is InChI=1S/C15H21NO3S/c1-20(18,19)14-6-2-5-13(10-14)15(17)8-7-12-4-3-9-16-11-12/h3-4,9,11,13-14H,2,5-8,10H2,1H3. The average Bonchev–Trinajstić information content (AvgIpc) is 2.45. The maximum absolute atomic E-state index is 12.2. The molecule has 1 heterocycles. The molecule has 4 nitrogen and oxygen atoms in total. The molecule has 2 atom stereocenters. The Labute approximate surface area is 120 Å². The molecule has 0 aliphatic heterocycles. The van der Waals surface area contributed by atoms with Gasteiger partial charge in [-0.25, -0.2) is 8.42 Å². The predicted octanol–water partition coefficient (Wildman–Crippen LogP) is 2.19. The van der Waals surface area contributed by atoms with Gasteiger partial charge in [0.25, 0.3) is 0 Å². The number of carbonyl (C=O) groups is 1. The van der Waals surface area contributed by atoms with E-state index in [-0.39, 0.29) is 17.0 Å². The van der Waals surface area contributed by atoms with Crippen LogP contribution in [0.4, 0.5) is 0 Å². The number of ketones is 1. The molecule has 2 unspecified atom stereocenters. The van der Waals surface area contributed by atoms with Gasteiger partial charge in [0.15, 0.2) is 0 Å². The van der Waals surface area contributed by atoms with Crippen LogP contribution in [0, 0.1) is 5.92 Å². The molecule has 0 spiro atoms. The summed E-state index contributed by atoms with van der Waals surface area (Å²) in [5.41, 5.74) is 1.05. The Bertz CT molecular complexity index is 554. The molecular weight excluding hydrogens is 274 g/mol. The Balaban J connectivity index is 1.89. The SMILES string of the molecule is CS(=O)(=O)C1CCCC(C(=O)CCc2cccnc2)C1. The summed E-state index contributed by atoms with van der Waals surface area (Å²) in [5.74, 6) is 0.113. The maximum Gasteiger partial charge on any atom is 0.150 e. The molecule has 0 radical (unpaired) electrons. The Morgan fingerprint density at radius 2 is 2.20 bits per heavy atom. The molecule has 1 aliphatic rings. The third kappa shape index (κ3) is 4.13. The number of Topliss-reactive ketones (excluding diaryl/α,β-unsaturated/α-hetero) is 1. The molecule has 20 heavy (non-hydrogen) atoms. The highest BCUT2D eigenvalue weighted by molar-refractivity contribution is 7.91. The van der Waals surface area contributed by atoms with Gasteiger partial charge in [0.1, 0.15) is 15.6 Å². The largest absolute Gasteiger partial charge is 0.299 e. The summed E-state index contributed by atoms with van der Waals surface area (Å²) in [6.07, 6.45) is 8.80. The number of carbonyl (C=O) groups excluding carboxylic acids is 1.